The highest BCUT2D eigenvalue weighted by molar-refractivity contribution is 5.28. The van der Waals surface area contributed by atoms with Gasteiger partial charge in [-0.25, -0.2) is 0 Å². The van der Waals surface area contributed by atoms with Crippen LogP contribution in [0.4, 0.5) is 13.2 Å². The molecular formula is C16H20F3NO3. The highest BCUT2D eigenvalue weighted by Crippen LogP contribution is 2.35. The molecule has 1 aliphatic carbocycles. The zero-order chi connectivity index (χ0) is 16.3. The van der Waals surface area contributed by atoms with E-state index in [9.17, 15) is 13.2 Å². The molecule has 1 saturated carbocycles. The molecule has 1 saturated heterocycles. The molecule has 1 heterocycles. The molecule has 3 rings (SSSR count). The van der Waals surface area contributed by atoms with Crippen molar-refractivity contribution in [3.8, 4) is 5.75 Å². The third-order valence-electron chi connectivity index (χ3n) is 4.29. The Kier molecular flexibility index (Phi) is 4.79. The highest BCUT2D eigenvalue weighted by Gasteiger charge is 2.40. The average molecular weight is 331 g/mol. The lowest BCUT2D eigenvalue weighted by molar-refractivity contribution is -0.274. The molecule has 1 aromatic rings. The van der Waals surface area contributed by atoms with Gasteiger partial charge in [-0.3, -0.25) is 0 Å². The van der Waals surface area contributed by atoms with Gasteiger partial charge >= 0.3 is 6.36 Å². The molecule has 0 bridgehead atoms. The maximum atomic E-state index is 12.2. The number of alkyl halides is 3. The molecule has 2 aliphatic rings. The minimum atomic E-state index is -4.66. The minimum absolute atomic E-state index is 0.188. The van der Waals surface area contributed by atoms with Crippen LogP contribution in [0.5, 0.6) is 5.75 Å². The number of ether oxygens (including phenoxy) is 3. The monoisotopic (exact) mass is 331 g/mol. The smallest absolute Gasteiger partial charge is 0.406 e. The van der Waals surface area contributed by atoms with Crippen LogP contribution in [0.2, 0.25) is 0 Å². The Morgan fingerprint density at radius 2 is 1.87 bits per heavy atom. The first-order valence-electron chi connectivity index (χ1n) is 7.80. The Labute approximate surface area is 132 Å². The zero-order valence-corrected chi connectivity index (χ0v) is 12.7. The Morgan fingerprint density at radius 1 is 1.17 bits per heavy atom. The van der Waals surface area contributed by atoms with Crippen molar-refractivity contribution in [1.82, 2.24) is 5.32 Å². The summed E-state index contributed by atoms with van der Waals surface area (Å²) >= 11 is 0. The van der Waals surface area contributed by atoms with Gasteiger partial charge in [-0.15, -0.1) is 13.2 Å². The fraction of sp³-hybridized carbons (Fsp3) is 0.625. The van der Waals surface area contributed by atoms with Crippen LogP contribution in [0.3, 0.4) is 0 Å². The Hall–Kier alpha value is -1.31. The third kappa shape index (κ3) is 4.59. The van der Waals surface area contributed by atoms with Crippen LogP contribution in [0.25, 0.3) is 0 Å². The van der Waals surface area contributed by atoms with Crippen LogP contribution in [0.1, 0.15) is 31.2 Å². The van der Waals surface area contributed by atoms with Crippen molar-refractivity contribution < 1.29 is 27.4 Å². The lowest BCUT2D eigenvalue weighted by atomic mass is 9.90. The van der Waals surface area contributed by atoms with Gasteiger partial charge in [0, 0.05) is 25.4 Å². The summed E-state index contributed by atoms with van der Waals surface area (Å²) in [4.78, 5) is 0. The van der Waals surface area contributed by atoms with E-state index in [1.165, 1.54) is 12.1 Å². The van der Waals surface area contributed by atoms with E-state index in [2.05, 4.69) is 10.1 Å². The second kappa shape index (κ2) is 6.67. The molecule has 0 unspecified atom stereocenters. The molecule has 1 N–H and O–H groups in total. The molecule has 128 valence electrons. The summed E-state index contributed by atoms with van der Waals surface area (Å²) < 4.78 is 52.0. The van der Waals surface area contributed by atoms with Gasteiger partial charge in [0.05, 0.1) is 13.2 Å². The largest absolute Gasteiger partial charge is 0.573 e. The SMILES string of the molecule is FC(F)(F)Oc1cccc(CNC2CCC3(CC2)OCCO3)c1. The molecule has 0 radical (unpaired) electrons. The van der Waals surface area contributed by atoms with Gasteiger partial charge in [0.2, 0.25) is 0 Å². The third-order valence-corrected chi connectivity index (χ3v) is 4.29. The van der Waals surface area contributed by atoms with Crippen LogP contribution in [-0.2, 0) is 16.0 Å². The van der Waals surface area contributed by atoms with E-state index in [0.717, 1.165) is 31.2 Å². The molecule has 23 heavy (non-hydrogen) atoms. The molecular weight excluding hydrogens is 311 g/mol. The number of rotatable bonds is 4. The number of nitrogens with one attached hydrogen (secondary N) is 1. The first-order chi connectivity index (χ1) is 10.9. The summed E-state index contributed by atoms with van der Waals surface area (Å²) in [5, 5.41) is 3.39. The van der Waals surface area contributed by atoms with Crippen LogP contribution in [0.15, 0.2) is 24.3 Å². The van der Waals surface area contributed by atoms with Crippen molar-refractivity contribution in [3.63, 3.8) is 0 Å². The van der Waals surface area contributed by atoms with Crippen LogP contribution in [0, 0.1) is 0 Å². The first kappa shape index (κ1) is 16.5. The van der Waals surface area contributed by atoms with Crippen molar-refractivity contribution >= 4 is 0 Å². The van der Waals surface area contributed by atoms with Gasteiger partial charge in [0.15, 0.2) is 5.79 Å². The van der Waals surface area contributed by atoms with Crippen LogP contribution >= 0.6 is 0 Å². The van der Waals surface area contributed by atoms with E-state index < -0.39 is 12.1 Å². The van der Waals surface area contributed by atoms with Gasteiger partial charge in [-0.05, 0) is 30.5 Å². The zero-order valence-electron chi connectivity index (χ0n) is 12.7. The van der Waals surface area contributed by atoms with E-state index in [1.807, 2.05) is 0 Å². The lowest BCUT2D eigenvalue weighted by Crippen LogP contribution is -2.41. The van der Waals surface area contributed by atoms with Crippen LogP contribution in [-0.4, -0.2) is 31.4 Å². The van der Waals surface area contributed by atoms with Gasteiger partial charge in [-0.1, -0.05) is 12.1 Å². The second-order valence-electron chi connectivity index (χ2n) is 5.96. The number of halogens is 3. The molecule has 1 aromatic carbocycles. The standard InChI is InChI=1S/C16H20F3NO3/c17-16(18,19)23-14-3-1-2-12(10-14)11-20-13-4-6-15(7-5-13)21-8-9-22-15/h1-3,10,13,20H,4-9,11H2. The quantitative estimate of drug-likeness (QED) is 0.918. The first-order valence-corrected chi connectivity index (χ1v) is 7.80. The van der Waals surface area contributed by atoms with Crippen molar-refractivity contribution in [2.45, 2.75) is 50.4 Å². The van der Waals surface area contributed by atoms with Gasteiger partial charge in [0.1, 0.15) is 5.75 Å². The molecule has 1 spiro atoms. The Balaban J connectivity index is 1.48. The van der Waals surface area contributed by atoms with Crippen molar-refractivity contribution in [2.24, 2.45) is 0 Å². The fourth-order valence-electron chi connectivity index (χ4n) is 3.16. The number of hydrogen-bond acceptors (Lipinski definition) is 4. The summed E-state index contributed by atoms with van der Waals surface area (Å²) in [6.45, 7) is 1.82. The van der Waals surface area contributed by atoms with Crippen molar-refractivity contribution in [3.05, 3.63) is 29.8 Å². The number of hydrogen-bond donors (Lipinski definition) is 1. The Morgan fingerprint density at radius 3 is 2.52 bits per heavy atom. The van der Waals surface area contributed by atoms with Gasteiger partial charge in [-0.2, -0.15) is 0 Å². The summed E-state index contributed by atoms with van der Waals surface area (Å²) in [5.74, 6) is -0.578. The van der Waals surface area contributed by atoms with Crippen molar-refractivity contribution in [2.75, 3.05) is 13.2 Å². The van der Waals surface area contributed by atoms with Gasteiger partial charge in [0.25, 0.3) is 0 Å². The molecule has 7 heteroatoms. The van der Waals surface area contributed by atoms with E-state index in [-0.39, 0.29) is 5.75 Å². The van der Waals surface area contributed by atoms with E-state index >= 15 is 0 Å². The fourth-order valence-corrected chi connectivity index (χ4v) is 3.16. The van der Waals surface area contributed by atoms with Crippen LogP contribution < -0.4 is 10.1 Å². The average Bonchev–Trinajstić information content (AvgIpc) is 2.94. The van der Waals surface area contributed by atoms with E-state index in [1.54, 1.807) is 12.1 Å². The van der Waals surface area contributed by atoms with E-state index in [0.29, 0.717) is 25.8 Å². The second-order valence-corrected chi connectivity index (χ2v) is 5.96. The lowest BCUT2D eigenvalue weighted by Gasteiger charge is -2.35. The molecule has 0 amide bonds. The highest BCUT2D eigenvalue weighted by atomic mass is 19.4. The summed E-state index contributed by atoms with van der Waals surface area (Å²) in [6.07, 6.45) is -1.10. The molecule has 0 atom stereocenters. The van der Waals surface area contributed by atoms with E-state index in [4.69, 9.17) is 9.47 Å². The molecule has 2 fully saturated rings. The summed E-state index contributed by atoms with van der Waals surface area (Å²) in [6, 6.07) is 6.38. The predicted molar refractivity (Wildman–Crippen MR) is 76.9 cm³/mol. The summed E-state index contributed by atoms with van der Waals surface area (Å²) in [7, 11) is 0. The molecule has 1 aliphatic heterocycles. The minimum Gasteiger partial charge on any atom is -0.406 e. The van der Waals surface area contributed by atoms with Gasteiger partial charge < -0.3 is 19.5 Å². The Bertz CT molecular complexity index is 520. The topological polar surface area (TPSA) is 39.7 Å². The maximum Gasteiger partial charge on any atom is 0.573 e. The van der Waals surface area contributed by atoms with Crippen molar-refractivity contribution in [1.29, 1.82) is 0 Å². The summed E-state index contributed by atoms with van der Waals surface area (Å²) in [5.41, 5.74) is 0.764. The maximum absolute atomic E-state index is 12.2. The predicted octanol–water partition coefficient (Wildman–Crippen LogP) is 3.36. The number of benzene rings is 1. The molecule has 0 aromatic heterocycles. The molecule has 4 nitrogen and oxygen atoms in total. The normalized spacial score (nSPS) is 21.7.